The van der Waals surface area contributed by atoms with Crippen molar-refractivity contribution in [3.63, 3.8) is 0 Å². The van der Waals surface area contributed by atoms with Crippen LogP contribution in [0.25, 0.3) is 0 Å². The van der Waals surface area contributed by atoms with Crippen LogP contribution in [0.3, 0.4) is 0 Å². The Morgan fingerprint density at radius 1 is 1.04 bits per heavy atom. The molecule has 0 aliphatic rings. The number of unbranched alkanes of at least 4 members (excludes halogenated alkanes) is 1. The van der Waals surface area contributed by atoms with E-state index >= 15 is 0 Å². The lowest BCUT2D eigenvalue weighted by Crippen LogP contribution is -2.22. The number of hydrogen-bond acceptors (Lipinski definition) is 2. The number of rotatable bonds is 9. The van der Waals surface area contributed by atoms with Crippen molar-refractivity contribution in [2.75, 3.05) is 13.2 Å². The maximum absolute atomic E-state index is 5.94. The molecular weight excluding hydrogens is 282 g/mol. The molecule has 0 saturated carbocycles. The molecule has 2 nitrogen and oxygen atoms in total. The Bertz CT molecular complexity index is 594. The lowest BCUT2D eigenvalue weighted by Gasteiger charge is -2.18. The highest BCUT2D eigenvalue weighted by molar-refractivity contribution is 5.35. The topological polar surface area (TPSA) is 21.3 Å². The lowest BCUT2D eigenvalue weighted by molar-refractivity contribution is 0.303. The summed E-state index contributed by atoms with van der Waals surface area (Å²) in [5, 5.41) is 3.63. The van der Waals surface area contributed by atoms with Gasteiger partial charge in [0.1, 0.15) is 5.75 Å². The first-order valence-corrected chi connectivity index (χ1v) is 8.72. The third kappa shape index (κ3) is 5.40. The predicted molar refractivity (Wildman–Crippen MR) is 98.1 cm³/mol. The summed E-state index contributed by atoms with van der Waals surface area (Å²) in [5.74, 6) is 1.01. The average Bonchev–Trinajstić information content (AvgIpc) is 2.57. The molecule has 23 heavy (non-hydrogen) atoms. The lowest BCUT2D eigenvalue weighted by atomic mass is 10.0. The van der Waals surface area contributed by atoms with Crippen LogP contribution in [0.2, 0.25) is 0 Å². The van der Waals surface area contributed by atoms with Crippen LogP contribution in [-0.2, 0) is 6.42 Å². The van der Waals surface area contributed by atoms with Gasteiger partial charge in [0.25, 0.3) is 0 Å². The van der Waals surface area contributed by atoms with Crippen molar-refractivity contribution in [1.82, 2.24) is 5.32 Å². The van der Waals surface area contributed by atoms with Crippen molar-refractivity contribution in [3.8, 4) is 5.75 Å². The molecule has 124 valence electrons. The van der Waals surface area contributed by atoms with Gasteiger partial charge in [-0.05, 0) is 50.4 Å². The average molecular weight is 311 g/mol. The maximum Gasteiger partial charge on any atom is 0.124 e. The van der Waals surface area contributed by atoms with Crippen LogP contribution in [0.5, 0.6) is 5.75 Å². The highest BCUT2D eigenvalue weighted by atomic mass is 16.5. The van der Waals surface area contributed by atoms with E-state index < -0.39 is 0 Å². The van der Waals surface area contributed by atoms with E-state index in [1.165, 1.54) is 16.7 Å². The number of para-hydroxylation sites is 1. The van der Waals surface area contributed by atoms with Crippen molar-refractivity contribution in [2.24, 2.45) is 0 Å². The van der Waals surface area contributed by atoms with Crippen molar-refractivity contribution < 1.29 is 4.74 Å². The van der Waals surface area contributed by atoms with E-state index in [1.54, 1.807) is 0 Å². The van der Waals surface area contributed by atoms with Crippen LogP contribution in [0.15, 0.2) is 48.5 Å². The zero-order valence-corrected chi connectivity index (χ0v) is 14.6. The second-order valence-corrected chi connectivity index (χ2v) is 6.09. The SMILES string of the molecule is CCCCOc1ccccc1C(C)NCCc1ccccc1C. The summed E-state index contributed by atoms with van der Waals surface area (Å²) >= 11 is 0. The van der Waals surface area contributed by atoms with Gasteiger partial charge >= 0.3 is 0 Å². The van der Waals surface area contributed by atoms with E-state index in [1.807, 2.05) is 6.07 Å². The summed E-state index contributed by atoms with van der Waals surface area (Å²) in [6.07, 6.45) is 3.31. The molecule has 1 N–H and O–H groups in total. The van der Waals surface area contributed by atoms with Gasteiger partial charge in [-0.3, -0.25) is 0 Å². The van der Waals surface area contributed by atoms with Gasteiger partial charge in [0.05, 0.1) is 6.61 Å². The molecule has 1 unspecified atom stereocenters. The molecule has 0 amide bonds. The van der Waals surface area contributed by atoms with Crippen LogP contribution < -0.4 is 10.1 Å². The van der Waals surface area contributed by atoms with Gasteiger partial charge in [-0.15, -0.1) is 0 Å². The highest BCUT2D eigenvalue weighted by Crippen LogP contribution is 2.25. The van der Waals surface area contributed by atoms with Gasteiger partial charge in [0.2, 0.25) is 0 Å². The largest absolute Gasteiger partial charge is 0.493 e. The predicted octanol–water partition coefficient (Wildman–Crippen LogP) is 5.07. The minimum atomic E-state index is 0.289. The molecule has 0 radical (unpaired) electrons. The Labute approximate surface area is 140 Å². The van der Waals surface area contributed by atoms with Gasteiger partial charge in [0.15, 0.2) is 0 Å². The molecule has 0 saturated heterocycles. The van der Waals surface area contributed by atoms with Gasteiger partial charge in [-0.1, -0.05) is 55.8 Å². The highest BCUT2D eigenvalue weighted by Gasteiger charge is 2.10. The van der Waals surface area contributed by atoms with Gasteiger partial charge < -0.3 is 10.1 Å². The maximum atomic E-state index is 5.94. The third-order valence-electron chi connectivity index (χ3n) is 4.25. The van der Waals surface area contributed by atoms with Gasteiger partial charge in [-0.25, -0.2) is 0 Å². The first-order valence-electron chi connectivity index (χ1n) is 8.72. The molecule has 2 aromatic rings. The van der Waals surface area contributed by atoms with Gasteiger partial charge in [-0.2, -0.15) is 0 Å². The van der Waals surface area contributed by atoms with E-state index in [-0.39, 0.29) is 6.04 Å². The van der Waals surface area contributed by atoms with Crippen LogP contribution in [0.4, 0.5) is 0 Å². The summed E-state index contributed by atoms with van der Waals surface area (Å²) in [4.78, 5) is 0. The normalized spacial score (nSPS) is 12.1. The van der Waals surface area contributed by atoms with E-state index in [0.717, 1.165) is 38.2 Å². The van der Waals surface area contributed by atoms with Crippen molar-refractivity contribution in [2.45, 2.75) is 46.1 Å². The number of aryl methyl sites for hydroxylation is 1. The van der Waals surface area contributed by atoms with Crippen LogP contribution in [0, 0.1) is 6.92 Å². The molecule has 2 aromatic carbocycles. The molecule has 2 rings (SSSR count). The molecule has 0 aliphatic carbocycles. The number of hydrogen-bond donors (Lipinski definition) is 1. The molecule has 1 atom stereocenters. The molecule has 0 spiro atoms. The Kier molecular flexibility index (Phi) is 7.15. The van der Waals surface area contributed by atoms with E-state index in [4.69, 9.17) is 4.74 Å². The second kappa shape index (κ2) is 9.36. The van der Waals surface area contributed by atoms with Crippen LogP contribution in [-0.4, -0.2) is 13.2 Å². The molecular formula is C21H29NO. The fourth-order valence-corrected chi connectivity index (χ4v) is 2.72. The van der Waals surface area contributed by atoms with E-state index in [9.17, 15) is 0 Å². The number of benzene rings is 2. The third-order valence-corrected chi connectivity index (χ3v) is 4.25. The smallest absolute Gasteiger partial charge is 0.124 e. The molecule has 0 aliphatic heterocycles. The Morgan fingerprint density at radius 2 is 1.78 bits per heavy atom. The van der Waals surface area contributed by atoms with E-state index in [2.05, 4.69) is 68.6 Å². The minimum absolute atomic E-state index is 0.289. The minimum Gasteiger partial charge on any atom is -0.493 e. The summed E-state index contributed by atoms with van der Waals surface area (Å²) in [5.41, 5.74) is 4.03. The Morgan fingerprint density at radius 3 is 2.57 bits per heavy atom. The zero-order valence-electron chi connectivity index (χ0n) is 14.6. The zero-order chi connectivity index (χ0) is 16.5. The van der Waals surface area contributed by atoms with Crippen molar-refractivity contribution >= 4 is 0 Å². The molecule has 0 aromatic heterocycles. The Hall–Kier alpha value is -1.80. The molecule has 0 fully saturated rings. The fourth-order valence-electron chi connectivity index (χ4n) is 2.72. The molecule has 0 bridgehead atoms. The van der Waals surface area contributed by atoms with E-state index in [0.29, 0.717) is 0 Å². The van der Waals surface area contributed by atoms with Crippen molar-refractivity contribution in [1.29, 1.82) is 0 Å². The summed E-state index contributed by atoms with van der Waals surface area (Å²) in [6.45, 7) is 8.33. The van der Waals surface area contributed by atoms with Crippen molar-refractivity contribution in [3.05, 3.63) is 65.2 Å². The molecule has 0 heterocycles. The second-order valence-electron chi connectivity index (χ2n) is 6.09. The number of nitrogens with one attached hydrogen (secondary N) is 1. The van der Waals surface area contributed by atoms with Crippen LogP contribution >= 0.6 is 0 Å². The first-order chi connectivity index (χ1) is 11.2. The Balaban J connectivity index is 1.90. The first kappa shape index (κ1) is 17.6. The number of ether oxygens (including phenoxy) is 1. The monoisotopic (exact) mass is 311 g/mol. The molecule has 2 heteroatoms. The summed E-state index contributed by atoms with van der Waals surface area (Å²) in [7, 11) is 0. The summed E-state index contributed by atoms with van der Waals surface area (Å²) in [6, 6.07) is 17.3. The summed E-state index contributed by atoms with van der Waals surface area (Å²) < 4.78 is 5.94. The fraction of sp³-hybridized carbons (Fsp3) is 0.429. The quantitative estimate of drug-likeness (QED) is 0.653. The standard InChI is InChI=1S/C21H29NO/c1-4-5-16-23-21-13-9-8-12-20(21)18(3)22-15-14-19-11-7-6-10-17(19)2/h6-13,18,22H,4-5,14-16H2,1-3H3. The van der Waals surface area contributed by atoms with Gasteiger partial charge in [0, 0.05) is 11.6 Å². The van der Waals surface area contributed by atoms with Crippen LogP contribution in [0.1, 0.15) is 49.4 Å².